The molecule has 0 aliphatic heterocycles. The number of nitrogens with zero attached hydrogens (tertiary/aromatic N) is 1. The standard InChI is InChI=1S/C13H28N2/c1-5-7-15(4)8-6-13(2)9-12(10-13)11-14-3/h12,14H,5-11H2,1-4H3. The number of rotatable bonds is 7. The summed E-state index contributed by atoms with van der Waals surface area (Å²) in [5.41, 5.74) is 0.642. The molecule has 0 aromatic rings. The van der Waals surface area contributed by atoms with E-state index in [0.717, 1.165) is 5.92 Å². The van der Waals surface area contributed by atoms with Crippen LogP contribution in [0.25, 0.3) is 0 Å². The summed E-state index contributed by atoms with van der Waals surface area (Å²) in [4.78, 5) is 2.47. The van der Waals surface area contributed by atoms with Crippen molar-refractivity contribution in [1.29, 1.82) is 0 Å². The van der Waals surface area contributed by atoms with Gasteiger partial charge in [0, 0.05) is 0 Å². The zero-order valence-corrected chi connectivity index (χ0v) is 11.0. The zero-order chi connectivity index (χ0) is 11.3. The lowest BCUT2D eigenvalue weighted by Crippen LogP contribution is -2.41. The fourth-order valence-corrected chi connectivity index (χ4v) is 2.93. The average molecular weight is 212 g/mol. The van der Waals surface area contributed by atoms with Crippen molar-refractivity contribution in [2.75, 3.05) is 33.7 Å². The first-order chi connectivity index (χ1) is 7.09. The smallest absolute Gasteiger partial charge is 0.00166 e. The Kier molecular flexibility index (Phi) is 5.07. The van der Waals surface area contributed by atoms with Gasteiger partial charge >= 0.3 is 0 Å². The number of hydrogen-bond acceptors (Lipinski definition) is 2. The summed E-state index contributed by atoms with van der Waals surface area (Å²) < 4.78 is 0. The molecular weight excluding hydrogens is 184 g/mol. The van der Waals surface area contributed by atoms with Crippen molar-refractivity contribution >= 4 is 0 Å². The van der Waals surface area contributed by atoms with Crippen LogP contribution in [0.1, 0.15) is 39.5 Å². The Hall–Kier alpha value is -0.0800. The van der Waals surface area contributed by atoms with Crippen LogP contribution in [0.15, 0.2) is 0 Å². The Labute approximate surface area is 95.4 Å². The molecule has 0 aromatic heterocycles. The first-order valence-corrected chi connectivity index (χ1v) is 6.43. The van der Waals surface area contributed by atoms with E-state index < -0.39 is 0 Å². The lowest BCUT2D eigenvalue weighted by atomic mass is 9.61. The minimum absolute atomic E-state index is 0.642. The molecule has 0 radical (unpaired) electrons. The van der Waals surface area contributed by atoms with E-state index in [2.05, 4.69) is 38.2 Å². The van der Waals surface area contributed by atoms with Crippen molar-refractivity contribution in [3.63, 3.8) is 0 Å². The number of nitrogens with one attached hydrogen (secondary N) is 1. The lowest BCUT2D eigenvalue weighted by Gasteiger charge is -2.46. The second kappa shape index (κ2) is 5.86. The summed E-state index contributed by atoms with van der Waals surface area (Å²) >= 11 is 0. The maximum atomic E-state index is 3.28. The Morgan fingerprint density at radius 3 is 2.53 bits per heavy atom. The molecule has 1 aliphatic carbocycles. The molecule has 0 bridgehead atoms. The Bertz CT molecular complexity index is 173. The predicted octanol–water partition coefficient (Wildman–Crippen LogP) is 2.35. The Morgan fingerprint density at radius 2 is 2.00 bits per heavy atom. The van der Waals surface area contributed by atoms with Gasteiger partial charge in [-0.1, -0.05) is 13.8 Å². The molecular formula is C13H28N2. The topological polar surface area (TPSA) is 15.3 Å². The molecule has 90 valence electrons. The van der Waals surface area contributed by atoms with Crippen LogP contribution in [0.5, 0.6) is 0 Å². The summed E-state index contributed by atoms with van der Waals surface area (Å²) in [7, 11) is 4.31. The first kappa shape index (κ1) is 13.0. The summed E-state index contributed by atoms with van der Waals surface area (Å²) in [5, 5.41) is 3.28. The van der Waals surface area contributed by atoms with Crippen LogP contribution in [0.2, 0.25) is 0 Å². The minimum atomic E-state index is 0.642. The maximum Gasteiger partial charge on any atom is -0.00166 e. The monoisotopic (exact) mass is 212 g/mol. The molecule has 0 heterocycles. The van der Waals surface area contributed by atoms with Crippen LogP contribution in [0.4, 0.5) is 0 Å². The molecule has 15 heavy (non-hydrogen) atoms. The quantitative estimate of drug-likeness (QED) is 0.697. The molecule has 0 amide bonds. The molecule has 0 aromatic carbocycles. The molecule has 1 N–H and O–H groups in total. The minimum Gasteiger partial charge on any atom is -0.319 e. The molecule has 2 nitrogen and oxygen atoms in total. The molecule has 1 rings (SSSR count). The van der Waals surface area contributed by atoms with Gasteiger partial charge in [0.15, 0.2) is 0 Å². The lowest BCUT2D eigenvalue weighted by molar-refractivity contribution is 0.0560. The van der Waals surface area contributed by atoms with Gasteiger partial charge in [-0.25, -0.2) is 0 Å². The highest BCUT2D eigenvalue weighted by molar-refractivity contribution is 4.91. The second-order valence-electron chi connectivity index (χ2n) is 5.70. The van der Waals surface area contributed by atoms with Gasteiger partial charge in [-0.15, -0.1) is 0 Å². The van der Waals surface area contributed by atoms with Gasteiger partial charge in [0.1, 0.15) is 0 Å². The van der Waals surface area contributed by atoms with Crippen LogP contribution in [0.3, 0.4) is 0 Å². The van der Waals surface area contributed by atoms with Crippen LogP contribution in [0, 0.1) is 11.3 Å². The Balaban J connectivity index is 2.12. The third kappa shape index (κ3) is 4.12. The Morgan fingerprint density at radius 1 is 1.33 bits per heavy atom. The normalized spacial score (nSPS) is 30.6. The van der Waals surface area contributed by atoms with Crippen molar-refractivity contribution in [1.82, 2.24) is 10.2 Å². The molecule has 1 fully saturated rings. The molecule has 0 saturated heterocycles. The van der Waals surface area contributed by atoms with Gasteiger partial charge in [-0.2, -0.15) is 0 Å². The summed E-state index contributed by atoms with van der Waals surface area (Å²) in [6.07, 6.45) is 5.50. The van der Waals surface area contributed by atoms with Crippen molar-refractivity contribution in [2.24, 2.45) is 11.3 Å². The van der Waals surface area contributed by atoms with Gasteiger partial charge in [-0.3, -0.25) is 0 Å². The second-order valence-corrected chi connectivity index (χ2v) is 5.70. The summed E-state index contributed by atoms with van der Waals surface area (Å²) in [5.74, 6) is 0.941. The van der Waals surface area contributed by atoms with E-state index in [-0.39, 0.29) is 0 Å². The fraction of sp³-hybridized carbons (Fsp3) is 1.00. The molecule has 2 heteroatoms. The van der Waals surface area contributed by atoms with Crippen LogP contribution >= 0.6 is 0 Å². The third-order valence-corrected chi connectivity index (χ3v) is 3.76. The van der Waals surface area contributed by atoms with Gasteiger partial charge in [0.25, 0.3) is 0 Å². The first-order valence-electron chi connectivity index (χ1n) is 6.43. The van der Waals surface area contributed by atoms with Gasteiger partial charge in [-0.05, 0) is 70.7 Å². The van der Waals surface area contributed by atoms with E-state index in [0.29, 0.717) is 5.41 Å². The molecule has 0 spiro atoms. The van der Waals surface area contributed by atoms with Gasteiger partial charge < -0.3 is 10.2 Å². The maximum absolute atomic E-state index is 3.28. The van der Waals surface area contributed by atoms with Crippen LogP contribution in [-0.4, -0.2) is 38.6 Å². The van der Waals surface area contributed by atoms with Gasteiger partial charge in [0.05, 0.1) is 0 Å². The zero-order valence-electron chi connectivity index (χ0n) is 11.0. The SMILES string of the molecule is CCCN(C)CCC1(C)CC(CNC)C1. The van der Waals surface area contributed by atoms with E-state index in [9.17, 15) is 0 Å². The van der Waals surface area contributed by atoms with Gasteiger partial charge in [0.2, 0.25) is 0 Å². The highest BCUT2D eigenvalue weighted by Crippen LogP contribution is 2.47. The third-order valence-electron chi connectivity index (χ3n) is 3.76. The fourth-order valence-electron chi connectivity index (χ4n) is 2.93. The van der Waals surface area contributed by atoms with Crippen LogP contribution in [-0.2, 0) is 0 Å². The van der Waals surface area contributed by atoms with Crippen LogP contribution < -0.4 is 5.32 Å². The van der Waals surface area contributed by atoms with E-state index in [1.165, 1.54) is 45.3 Å². The summed E-state index contributed by atoms with van der Waals surface area (Å²) in [6, 6.07) is 0. The summed E-state index contributed by atoms with van der Waals surface area (Å²) in [6.45, 7) is 8.44. The van der Waals surface area contributed by atoms with E-state index in [1.54, 1.807) is 0 Å². The van der Waals surface area contributed by atoms with Crippen molar-refractivity contribution in [3.05, 3.63) is 0 Å². The highest BCUT2D eigenvalue weighted by Gasteiger charge is 2.39. The van der Waals surface area contributed by atoms with Crippen molar-refractivity contribution in [3.8, 4) is 0 Å². The van der Waals surface area contributed by atoms with E-state index >= 15 is 0 Å². The number of hydrogen-bond donors (Lipinski definition) is 1. The molecule has 0 unspecified atom stereocenters. The largest absolute Gasteiger partial charge is 0.319 e. The predicted molar refractivity (Wildman–Crippen MR) is 67.2 cm³/mol. The van der Waals surface area contributed by atoms with Crippen molar-refractivity contribution in [2.45, 2.75) is 39.5 Å². The molecule has 0 atom stereocenters. The average Bonchev–Trinajstić information content (AvgIpc) is 2.13. The molecule has 1 saturated carbocycles. The van der Waals surface area contributed by atoms with E-state index in [1.807, 2.05) is 0 Å². The van der Waals surface area contributed by atoms with E-state index in [4.69, 9.17) is 0 Å². The highest BCUT2D eigenvalue weighted by atomic mass is 15.1. The molecule has 1 aliphatic rings. The van der Waals surface area contributed by atoms with Crippen molar-refractivity contribution < 1.29 is 0 Å².